The number of aryl methyl sites for hydroxylation is 1. The average Bonchev–Trinajstić information content (AvgIpc) is 2.61. The second-order valence-corrected chi connectivity index (χ2v) is 3.97. The molecule has 0 saturated carbocycles. The van der Waals surface area contributed by atoms with Crippen LogP contribution in [-0.2, 0) is 23.2 Å². The normalized spacial score (nSPS) is 10.6. The van der Waals surface area contributed by atoms with Gasteiger partial charge in [0.15, 0.2) is 5.58 Å². The van der Waals surface area contributed by atoms with E-state index in [2.05, 4.69) is 5.32 Å². The van der Waals surface area contributed by atoms with Crippen LogP contribution in [0.15, 0.2) is 27.4 Å². The van der Waals surface area contributed by atoms with Crippen molar-refractivity contribution in [2.75, 3.05) is 0 Å². The monoisotopic (exact) mass is 248 g/mol. The fraction of sp³-hybridized carbons (Fsp3) is 0.250. The van der Waals surface area contributed by atoms with E-state index >= 15 is 0 Å². The molecule has 94 valence electrons. The molecule has 0 aliphatic carbocycles. The quantitative estimate of drug-likeness (QED) is 0.794. The Kier molecular flexibility index (Phi) is 3.01. The van der Waals surface area contributed by atoms with Crippen LogP contribution < -0.4 is 11.1 Å². The van der Waals surface area contributed by atoms with Gasteiger partial charge < -0.3 is 9.73 Å². The molecule has 1 N–H and O–H groups in total. The van der Waals surface area contributed by atoms with Crippen LogP contribution in [-0.4, -0.2) is 16.3 Å². The number of fused-ring (bicyclic) bond motifs is 1. The van der Waals surface area contributed by atoms with Crippen LogP contribution in [0.3, 0.4) is 0 Å². The maximum absolute atomic E-state index is 11.3. The van der Waals surface area contributed by atoms with Crippen LogP contribution in [0.1, 0.15) is 12.5 Å². The maximum atomic E-state index is 11.3. The van der Waals surface area contributed by atoms with Crippen LogP contribution >= 0.6 is 0 Å². The van der Waals surface area contributed by atoms with E-state index in [1.165, 1.54) is 11.5 Å². The third kappa shape index (κ3) is 2.17. The molecule has 6 heteroatoms. The molecule has 0 aliphatic heterocycles. The lowest BCUT2D eigenvalue weighted by molar-refractivity contribution is -0.136. The minimum atomic E-state index is -0.635. The Labute approximate surface area is 102 Å². The Bertz CT molecular complexity index is 681. The first kappa shape index (κ1) is 12.1. The van der Waals surface area contributed by atoms with Crippen molar-refractivity contribution < 1.29 is 14.0 Å². The zero-order valence-corrected chi connectivity index (χ0v) is 10.0. The van der Waals surface area contributed by atoms with E-state index in [1.54, 1.807) is 25.2 Å². The molecule has 1 aromatic carbocycles. The summed E-state index contributed by atoms with van der Waals surface area (Å²) in [5.74, 6) is -1.61. The van der Waals surface area contributed by atoms with Crippen LogP contribution in [0.5, 0.6) is 0 Å². The van der Waals surface area contributed by atoms with Gasteiger partial charge in [-0.05, 0) is 17.7 Å². The zero-order valence-electron chi connectivity index (χ0n) is 10.0. The van der Waals surface area contributed by atoms with E-state index in [-0.39, 0.29) is 6.54 Å². The highest BCUT2D eigenvalue weighted by Gasteiger charge is 2.09. The third-order valence-electron chi connectivity index (χ3n) is 2.63. The number of rotatable bonds is 3. The first-order chi connectivity index (χ1) is 8.49. The van der Waals surface area contributed by atoms with Crippen LogP contribution in [0.2, 0.25) is 0 Å². The van der Waals surface area contributed by atoms with E-state index in [1.807, 2.05) is 0 Å². The molecule has 0 spiro atoms. The van der Waals surface area contributed by atoms with Crippen molar-refractivity contribution in [2.24, 2.45) is 7.05 Å². The molecule has 0 atom stereocenters. The van der Waals surface area contributed by atoms with Crippen molar-refractivity contribution in [1.29, 1.82) is 0 Å². The second-order valence-electron chi connectivity index (χ2n) is 3.97. The number of oxazole rings is 1. The molecule has 0 saturated heterocycles. The van der Waals surface area contributed by atoms with E-state index in [0.29, 0.717) is 11.1 Å². The van der Waals surface area contributed by atoms with E-state index < -0.39 is 17.4 Å². The van der Waals surface area contributed by atoms with Crippen LogP contribution in [0.4, 0.5) is 0 Å². The average molecular weight is 248 g/mol. The zero-order chi connectivity index (χ0) is 13.3. The van der Waals surface area contributed by atoms with Gasteiger partial charge in [0.05, 0.1) is 5.52 Å². The summed E-state index contributed by atoms with van der Waals surface area (Å²) in [4.78, 5) is 33.1. The number of ketones is 1. The fourth-order valence-corrected chi connectivity index (χ4v) is 1.60. The molecular weight excluding hydrogens is 236 g/mol. The predicted octanol–water partition coefficient (Wildman–Crippen LogP) is 0.337. The van der Waals surface area contributed by atoms with E-state index in [4.69, 9.17) is 4.42 Å². The summed E-state index contributed by atoms with van der Waals surface area (Å²) in [6, 6.07) is 5.16. The van der Waals surface area contributed by atoms with Crippen molar-refractivity contribution in [3.8, 4) is 0 Å². The van der Waals surface area contributed by atoms with Gasteiger partial charge >= 0.3 is 5.76 Å². The number of hydrogen-bond acceptors (Lipinski definition) is 4. The van der Waals surface area contributed by atoms with Gasteiger partial charge in [0.25, 0.3) is 5.91 Å². The Morgan fingerprint density at radius 2 is 2.11 bits per heavy atom. The van der Waals surface area contributed by atoms with Crippen molar-refractivity contribution >= 4 is 22.8 Å². The number of amides is 1. The van der Waals surface area contributed by atoms with Crippen LogP contribution in [0, 0.1) is 0 Å². The number of Topliss-reactive ketones (excluding diaryl/α,β-unsaturated/α-hetero) is 1. The summed E-state index contributed by atoms with van der Waals surface area (Å²) in [5.41, 5.74) is 1.89. The summed E-state index contributed by atoms with van der Waals surface area (Å²) in [6.45, 7) is 1.42. The number of hydrogen-bond donors (Lipinski definition) is 1. The minimum Gasteiger partial charge on any atom is -0.408 e. The molecule has 6 nitrogen and oxygen atoms in total. The van der Waals surface area contributed by atoms with Gasteiger partial charge in [-0.25, -0.2) is 4.79 Å². The highest BCUT2D eigenvalue weighted by molar-refractivity contribution is 6.35. The molecule has 1 amide bonds. The summed E-state index contributed by atoms with van der Waals surface area (Å²) < 4.78 is 6.42. The molecule has 0 unspecified atom stereocenters. The molecule has 0 aliphatic rings. The molecule has 18 heavy (non-hydrogen) atoms. The molecule has 0 radical (unpaired) electrons. The Hall–Kier alpha value is -2.37. The lowest BCUT2D eigenvalue weighted by Crippen LogP contribution is -2.28. The second kappa shape index (κ2) is 4.48. The van der Waals surface area contributed by atoms with Gasteiger partial charge in [-0.1, -0.05) is 6.07 Å². The summed E-state index contributed by atoms with van der Waals surface area (Å²) in [6.07, 6.45) is 0. The lowest BCUT2D eigenvalue weighted by Gasteiger charge is -2.02. The topological polar surface area (TPSA) is 81.3 Å². The number of nitrogens with one attached hydrogen (secondary N) is 1. The van der Waals surface area contributed by atoms with Crippen molar-refractivity contribution in [1.82, 2.24) is 9.88 Å². The molecule has 0 bridgehead atoms. The molecule has 2 rings (SSSR count). The lowest BCUT2D eigenvalue weighted by atomic mass is 10.2. The smallest absolute Gasteiger partial charge is 0.408 e. The standard InChI is InChI=1S/C12H12N2O4/c1-7(15)11(16)13-6-8-3-4-9-10(5-8)18-12(17)14(9)2/h3-5H,6H2,1-2H3,(H,13,16). The van der Waals surface area contributed by atoms with Gasteiger partial charge in [-0.2, -0.15) is 0 Å². The number of carbonyl (C=O) groups is 2. The first-order valence-electron chi connectivity index (χ1n) is 5.36. The van der Waals surface area contributed by atoms with E-state index in [0.717, 1.165) is 5.56 Å². The number of nitrogens with zero attached hydrogens (tertiary/aromatic N) is 1. The van der Waals surface area contributed by atoms with Crippen LogP contribution in [0.25, 0.3) is 11.1 Å². The molecule has 1 heterocycles. The number of aromatic nitrogens is 1. The molecular formula is C12H12N2O4. The van der Waals surface area contributed by atoms with Crippen molar-refractivity contribution in [3.05, 3.63) is 34.3 Å². The number of carbonyl (C=O) groups excluding carboxylic acids is 2. The van der Waals surface area contributed by atoms with Gasteiger partial charge in [0, 0.05) is 20.5 Å². The molecule has 2 aromatic rings. The summed E-state index contributed by atoms with van der Waals surface area (Å²) in [7, 11) is 1.62. The summed E-state index contributed by atoms with van der Waals surface area (Å²) >= 11 is 0. The largest absolute Gasteiger partial charge is 0.419 e. The minimum absolute atomic E-state index is 0.215. The van der Waals surface area contributed by atoms with Gasteiger partial charge in [-0.15, -0.1) is 0 Å². The molecule has 0 fully saturated rings. The van der Waals surface area contributed by atoms with Gasteiger partial charge in [0.2, 0.25) is 5.78 Å². The fourth-order valence-electron chi connectivity index (χ4n) is 1.60. The van der Waals surface area contributed by atoms with Gasteiger partial charge in [0.1, 0.15) is 0 Å². The highest BCUT2D eigenvalue weighted by atomic mass is 16.4. The van der Waals surface area contributed by atoms with Gasteiger partial charge in [-0.3, -0.25) is 14.2 Å². The third-order valence-corrected chi connectivity index (χ3v) is 2.63. The van der Waals surface area contributed by atoms with E-state index in [9.17, 15) is 14.4 Å². The highest BCUT2D eigenvalue weighted by Crippen LogP contribution is 2.13. The Morgan fingerprint density at radius 3 is 2.78 bits per heavy atom. The maximum Gasteiger partial charge on any atom is 0.419 e. The van der Waals surface area contributed by atoms with Crippen molar-refractivity contribution in [3.63, 3.8) is 0 Å². The molecule has 1 aromatic heterocycles. The SMILES string of the molecule is CC(=O)C(=O)NCc1ccc2c(c1)oc(=O)n2C. The Balaban J connectivity index is 2.23. The summed E-state index contributed by atoms with van der Waals surface area (Å²) in [5, 5.41) is 2.47. The Morgan fingerprint density at radius 1 is 1.39 bits per heavy atom. The van der Waals surface area contributed by atoms with Crippen molar-refractivity contribution in [2.45, 2.75) is 13.5 Å². The first-order valence-corrected chi connectivity index (χ1v) is 5.36. The number of benzene rings is 1. The predicted molar refractivity (Wildman–Crippen MR) is 64.0 cm³/mol.